The third-order valence-electron chi connectivity index (χ3n) is 2.60. The van der Waals surface area contributed by atoms with E-state index in [4.69, 9.17) is 0 Å². The van der Waals surface area contributed by atoms with Crippen LogP contribution in [-0.2, 0) is 4.79 Å². The maximum atomic E-state index is 11.1. The summed E-state index contributed by atoms with van der Waals surface area (Å²) in [5, 5.41) is 2.94. The molecule has 1 N–H and O–H groups in total. The quantitative estimate of drug-likeness (QED) is 0.684. The first-order valence-corrected chi connectivity index (χ1v) is 4.98. The van der Waals surface area contributed by atoms with Gasteiger partial charge in [0.1, 0.15) is 0 Å². The minimum Gasteiger partial charge on any atom is -0.356 e. The molecule has 0 radical (unpaired) electrons. The Kier molecular flexibility index (Phi) is 3.57. The minimum absolute atomic E-state index is 0.131. The lowest BCUT2D eigenvalue weighted by molar-refractivity contribution is -0.124. The van der Waals surface area contributed by atoms with E-state index in [-0.39, 0.29) is 11.8 Å². The van der Waals surface area contributed by atoms with Crippen molar-refractivity contribution in [3.63, 3.8) is 0 Å². The maximum absolute atomic E-state index is 11.1. The second kappa shape index (κ2) is 4.48. The molecule has 0 aromatic rings. The fraction of sp³-hybridized carbons (Fsp3) is 0.900. The molecule has 0 heterocycles. The van der Waals surface area contributed by atoms with E-state index in [0.717, 1.165) is 12.5 Å². The molecule has 0 aromatic heterocycles. The minimum atomic E-state index is 0.131. The lowest BCUT2D eigenvalue weighted by Gasteiger charge is -2.25. The van der Waals surface area contributed by atoms with E-state index in [1.807, 2.05) is 13.8 Å². The first kappa shape index (κ1) is 9.56. The fourth-order valence-electron chi connectivity index (χ4n) is 1.39. The van der Waals surface area contributed by atoms with Crippen molar-refractivity contribution in [2.45, 2.75) is 39.5 Å². The van der Waals surface area contributed by atoms with E-state index in [0.29, 0.717) is 0 Å². The molecule has 1 aliphatic carbocycles. The zero-order valence-electron chi connectivity index (χ0n) is 8.10. The van der Waals surface area contributed by atoms with Gasteiger partial charge in [-0.1, -0.05) is 33.1 Å². The molecule has 0 spiro atoms. The van der Waals surface area contributed by atoms with Crippen molar-refractivity contribution in [1.29, 1.82) is 0 Å². The van der Waals surface area contributed by atoms with Crippen molar-refractivity contribution in [1.82, 2.24) is 5.32 Å². The van der Waals surface area contributed by atoms with Crippen LogP contribution in [0.2, 0.25) is 0 Å². The van der Waals surface area contributed by atoms with E-state index >= 15 is 0 Å². The SMILES string of the molecule is CC(C)C(=O)NCCC1CCC1. The molecular weight excluding hydrogens is 150 g/mol. The monoisotopic (exact) mass is 169 g/mol. The highest BCUT2D eigenvalue weighted by atomic mass is 16.1. The number of nitrogens with one attached hydrogen (secondary N) is 1. The second-order valence-electron chi connectivity index (χ2n) is 4.03. The van der Waals surface area contributed by atoms with Gasteiger partial charge in [-0.15, -0.1) is 0 Å². The zero-order valence-corrected chi connectivity index (χ0v) is 8.10. The van der Waals surface area contributed by atoms with Gasteiger partial charge in [0.2, 0.25) is 5.91 Å². The number of amides is 1. The average Bonchev–Trinajstić information content (AvgIpc) is 1.93. The van der Waals surface area contributed by atoms with Crippen molar-refractivity contribution in [3.05, 3.63) is 0 Å². The largest absolute Gasteiger partial charge is 0.356 e. The molecule has 2 nitrogen and oxygen atoms in total. The van der Waals surface area contributed by atoms with Gasteiger partial charge in [-0.2, -0.15) is 0 Å². The van der Waals surface area contributed by atoms with Crippen LogP contribution < -0.4 is 5.32 Å². The van der Waals surface area contributed by atoms with Gasteiger partial charge in [-0.05, 0) is 12.3 Å². The molecule has 0 atom stereocenters. The first-order chi connectivity index (χ1) is 5.70. The maximum Gasteiger partial charge on any atom is 0.222 e. The first-order valence-electron chi connectivity index (χ1n) is 4.98. The summed E-state index contributed by atoms with van der Waals surface area (Å²) in [6.07, 6.45) is 5.32. The lowest BCUT2D eigenvalue weighted by atomic mass is 9.83. The zero-order chi connectivity index (χ0) is 8.97. The standard InChI is InChI=1S/C10H19NO/c1-8(2)10(12)11-7-6-9-4-3-5-9/h8-9H,3-7H2,1-2H3,(H,11,12). The Hall–Kier alpha value is -0.530. The molecule has 0 aliphatic heterocycles. The van der Waals surface area contributed by atoms with Gasteiger partial charge in [0.25, 0.3) is 0 Å². The highest BCUT2D eigenvalue weighted by Gasteiger charge is 2.17. The summed E-state index contributed by atoms with van der Waals surface area (Å²) < 4.78 is 0. The van der Waals surface area contributed by atoms with Crippen molar-refractivity contribution >= 4 is 5.91 Å². The predicted octanol–water partition coefficient (Wildman–Crippen LogP) is 1.95. The summed E-state index contributed by atoms with van der Waals surface area (Å²) >= 11 is 0. The van der Waals surface area contributed by atoms with Crippen molar-refractivity contribution in [2.75, 3.05) is 6.54 Å². The Bertz CT molecular complexity index is 150. The van der Waals surface area contributed by atoms with Gasteiger partial charge in [-0.25, -0.2) is 0 Å². The van der Waals surface area contributed by atoms with E-state index in [1.165, 1.54) is 25.7 Å². The van der Waals surface area contributed by atoms with Crippen molar-refractivity contribution in [3.8, 4) is 0 Å². The lowest BCUT2D eigenvalue weighted by Crippen LogP contribution is -2.30. The third-order valence-corrected chi connectivity index (χ3v) is 2.60. The molecule has 2 heteroatoms. The molecule has 0 aromatic carbocycles. The number of carbonyl (C=O) groups is 1. The summed E-state index contributed by atoms with van der Waals surface area (Å²) in [5.74, 6) is 1.22. The van der Waals surface area contributed by atoms with E-state index in [2.05, 4.69) is 5.32 Å². The Morgan fingerprint density at radius 2 is 2.17 bits per heavy atom. The van der Waals surface area contributed by atoms with E-state index in [1.54, 1.807) is 0 Å². The number of hydrogen-bond acceptors (Lipinski definition) is 1. The summed E-state index contributed by atoms with van der Waals surface area (Å²) in [6, 6.07) is 0. The molecular formula is C10H19NO. The molecule has 1 rings (SSSR count). The number of carbonyl (C=O) groups excluding carboxylic acids is 1. The molecule has 1 aliphatic rings. The average molecular weight is 169 g/mol. The van der Waals surface area contributed by atoms with Crippen LogP contribution in [0.25, 0.3) is 0 Å². The molecule has 12 heavy (non-hydrogen) atoms. The van der Waals surface area contributed by atoms with Gasteiger partial charge >= 0.3 is 0 Å². The van der Waals surface area contributed by atoms with Gasteiger partial charge in [0.15, 0.2) is 0 Å². The molecule has 1 amide bonds. The Morgan fingerprint density at radius 1 is 1.50 bits per heavy atom. The van der Waals surface area contributed by atoms with Crippen molar-refractivity contribution in [2.24, 2.45) is 11.8 Å². The van der Waals surface area contributed by atoms with Crippen LogP contribution in [0, 0.1) is 11.8 Å². The number of rotatable bonds is 4. The van der Waals surface area contributed by atoms with Gasteiger partial charge in [0, 0.05) is 12.5 Å². The Labute approximate surface area is 74.7 Å². The normalized spacial score (nSPS) is 17.6. The summed E-state index contributed by atoms with van der Waals surface area (Å²) in [4.78, 5) is 11.1. The van der Waals surface area contributed by atoms with Crippen LogP contribution in [0.3, 0.4) is 0 Å². The van der Waals surface area contributed by atoms with E-state index < -0.39 is 0 Å². The summed E-state index contributed by atoms with van der Waals surface area (Å²) in [6.45, 7) is 4.74. The smallest absolute Gasteiger partial charge is 0.222 e. The predicted molar refractivity (Wildman–Crippen MR) is 49.8 cm³/mol. The Morgan fingerprint density at radius 3 is 2.58 bits per heavy atom. The van der Waals surface area contributed by atoms with Crippen LogP contribution in [-0.4, -0.2) is 12.5 Å². The third kappa shape index (κ3) is 2.84. The Balaban J connectivity index is 1.97. The van der Waals surface area contributed by atoms with Crippen molar-refractivity contribution < 1.29 is 4.79 Å². The van der Waals surface area contributed by atoms with Crippen LogP contribution in [0.15, 0.2) is 0 Å². The molecule has 1 fully saturated rings. The highest BCUT2D eigenvalue weighted by Crippen LogP contribution is 2.28. The molecule has 70 valence electrons. The number of hydrogen-bond donors (Lipinski definition) is 1. The van der Waals surface area contributed by atoms with Gasteiger partial charge in [-0.3, -0.25) is 4.79 Å². The van der Waals surface area contributed by atoms with Crippen LogP contribution in [0.4, 0.5) is 0 Å². The van der Waals surface area contributed by atoms with Gasteiger partial charge < -0.3 is 5.32 Å². The highest BCUT2D eigenvalue weighted by molar-refractivity contribution is 5.77. The summed E-state index contributed by atoms with van der Waals surface area (Å²) in [5.41, 5.74) is 0. The van der Waals surface area contributed by atoms with Gasteiger partial charge in [0.05, 0.1) is 0 Å². The van der Waals surface area contributed by atoms with E-state index in [9.17, 15) is 4.79 Å². The molecule has 0 saturated heterocycles. The molecule has 1 saturated carbocycles. The summed E-state index contributed by atoms with van der Waals surface area (Å²) in [7, 11) is 0. The van der Waals surface area contributed by atoms with Crippen LogP contribution >= 0.6 is 0 Å². The van der Waals surface area contributed by atoms with Crippen LogP contribution in [0.5, 0.6) is 0 Å². The second-order valence-corrected chi connectivity index (χ2v) is 4.03. The molecule has 0 unspecified atom stereocenters. The molecule has 0 bridgehead atoms. The van der Waals surface area contributed by atoms with Crippen LogP contribution in [0.1, 0.15) is 39.5 Å². The fourth-order valence-corrected chi connectivity index (χ4v) is 1.39. The topological polar surface area (TPSA) is 29.1 Å².